The maximum absolute atomic E-state index is 12.5. The number of carbonyl (C=O) groups excluding carboxylic acids is 1. The van der Waals surface area contributed by atoms with Gasteiger partial charge in [0.1, 0.15) is 11.6 Å². The largest absolute Gasteiger partial charge is 0.494 e. The van der Waals surface area contributed by atoms with Gasteiger partial charge in [-0.3, -0.25) is 4.79 Å². The van der Waals surface area contributed by atoms with Gasteiger partial charge in [-0.2, -0.15) is 0 Å². The van der Waals surface area contributed by atoms with E-state index in [4.69, 9.17) is 16.3 Å². The number of rotatable bonds is 13. The first-order valence-corrected chi connectivity index (χ1v) is 14.6. The summed E-state index contributed by atoms with van der Waals surface area (Å²) < 4.78 is 34.5. The van der Waals surface area contributed by atoms with Gasteiger partial charge in [-0.15, -0.1) is 0 Å². The number of imidazole rings is 1. The molecule has 1 heterocycles. The second-order valence-corrected chi connectivity index (χ2v) is 10.8. The van der Waals surface area contributed by atoms with E-state index in [-0.39, 0.29) is 0 Å². The van der Waals surface area contributed by atoms with Gasteiger partial charge < -0.3 is 9.30 Å². The van der Waals surface area contributed by atoms with Crippen LogP contribution in [-0.2, 0) is 27.8 Å². The molecule has 0 atom stereocenters. The Morgan fingerprint density at radius 1 is 1.11 bits per heavy atom. The second kappa shape index (κ2) is 14.0. The quantitative estimate of drug-likeness (QED) is 0.202. The predicted molar refractivity (Wildman–Crippen MR) is 153 cm³/mol. The van der Waals surface area contributed by atoms with Crippen LogP contribution in [-0.4, -0.2) is 30.5 Å². The highest BCUT2D eigenvalue weighted by atomic mass is 35.5. The minimum Gasteiger partial charge on any atom is -0.494 e. The summed E-state index contributed by atoms with van der Waals surface area (Å²) in [6, 6.07) is 14.6. The Morgan fingerprint density at radius 3 is 2.55 bits per heavy atom. The molecular formula is C29H34ClN3O4S. The highest BCUT2D eigenvalue weighted by Gasteiger charge is 2.15. The van der Waals surface area contributed by atoms with Gasteiger partial charge in [0.05, 0.1) is 29.9 Å². The number of aryl methyl sites for hydroxylation is 2. The molecule has 0 unspecified atom stereocenters. The van der Waals surface area contributed by atoms with Crippen molar-refractivity contribution in [2.75, 3.05) is 6.61 Å². The molecular weight excluding hydrogens is 522 g/mol. The average molecular weight is 556 g/mol. The van der Waals surface area contributed by atoms with Gasteiger partial charge in [0.15, 0.2) is 0 Å². The molecule has 0 radical (unpaired) electrons. The Bertz CT molecular complexity index is 1400. The van der Waals surface area contributed by atoms with Crippen molar-refractivity contribution in [3.63, 3.8) is 0 Å². The molecule has 38 heavy (non-hydrogen) atoms. The number of sulfonamides is 1. The topological polar surface area (TPSA) is 90.3 Å². The Kier molecular flexibility index (Phi) is 10.7. The average Bonchev–Trinajstić information content (AvgIpc) is 3.20. The van der Waals surface area contributed by atoms with Gasteiger partial charge in [0, 0.05) is 11.1 Å². The highest BCUT2D eigenvalue weighted by molar-refractivity contribution is 7.93. The summed E-state index contributed by atoms with van der Waals surface area (Å²) >= 11 is 6.57. The third-order valence-electron chi connectivity index (χ3n) is 5.85. The molecule has 3 rings (SSSR count). The minimum atomic E-state index is -3.96. The number of halogens is 1. The Morgan fingerprint density at radius 2 is 1.87 bits per heavy atom. The zero-order valence-corrected chi connectivity index (χ0v) is 23.6. The lowest BCUT2D eigenvalue weighted by molar-refractivity contribution is -0.114. The van der Waals surface area contributed by atoms with Gasteiger partial charge in [0.2, 0.25) is 0 Å². The van der Waals surface area contributed by atoms with E-state index < -0.39 is 15.9 Å². The number of carbonyl (C=O) groups is 1. The first-order chi connectivity index (χ1) is 18.2. The maximum Gasteiger partial charge on any atom is 0.257 e. The lowest BCUT2D eigenvalue weighted by Gasteiger charge is -2.12. The van der Waals surface area contributed by atoms with Crippen LogP contribution >= 0.6 is 11.6 Å². The standard InChI is InChI=1S/C29H34ClN3O4S/c1-4-6-10-18-37-25-14-13-24(26(30)20-25)21-33-22(3)31-27(5-2)28(33)15-16-29(34)32-38(35,36)19-17-23-11-8-7-9-12-23/h7-9,11-17,19-20H,4-6,10,18,21H2,1-3H3,(H,32,34). The molecule has 0 aliphatic rings. The van der Waals surface area contributed by atoms with Crippen LogP contribution in [0.1, 0.15) is 61.4 Å². The monoisotopic (exact) mass is 555 g/mol. The van der Waals surface area contributed by atoms with Crippen LogP contribution in [0.25, 0.3) is 12.2 Å². The van der Waals surface area contributed by atoms with Gasteiger partial charge >= 0.3 is 0 Å². The number of amides is 1. The van der Waals surface area contributed by atoms with Crippen molar-refractivity contribution in [3.05, 3.63) is 93.4 Å². The van der Waals surface area contributed by atoms with E-state index in [1.54, 1.807) is 30.3 Å². The van der Waals surface area contributed by atoms with Gasteiger partial charge in [-0.1, -0.05) is 74.7 Å². The fraction of sp³-hybridized carbons (Fsp3) is 0.310. The minimum absolute atomic E-state index is 0.438. The molecule has 202 valence electrons. The number of benzene rings is 2. The van der Waals surface area contributed by atoms with E-state index in [1.807, 2.05) is 47.4 Å². The Labute approximate surface area is 230 Å². The van der Waals surface area contributed by atoms with E-state index in [2.05, 4.69) is 11.9 Å². The maximum atomic E-state index is 12.5. The number of hydrogen-bond donors (Lipinski definition) is 1. The van der Waals surface area contributed by atoms with Crippen molar-refractivity contribution >= 4 is 39.7 Å². The van der Waals surface area contributed by atoms with E-state index in [0.717, 1.165) is 47.5 Å². The number of aromatic nitrogens is 2. The van der Waals surface area contributed by atoms with Gasteiger partial charge in [0.25, 0.3) is 15.9 Å². The molecule has 1 amide bonds. The summed E-state index contributed by atoms with van der Waals surface area (Å²) in [5.74, 6) is 0.736. The number of nitrogens with one attached hydrogen (secondary N) is 1. The molecule has 0 spiro atoms. The van der Waals surface area contributed by atoms with Crippen LogP contribution in [0.3, 0.4) is 0 Å². The predicted octanol–water partition coefficient (Wildman–Crippen LogP) is 6.15. The summed E-state index contributed by atoms with van der Waals surface area (Å²) in [6.07, 6.45) is 8.11. The molecule has 0 saturated carbocycles. The molecule has 0 bridgehead atoms. The lowest BCUT2D eigenvalue weighted by Crippen LogP contribution is -2.26. The molecule has 0 fully saturated rings. The van der Waals surface area contributed by atoms with Gasteiger partial charge in [-0.25, -0.2) is 18.1 Å². The molecule has 1 aromatic heterocycles. The molecule has 7 nitrogen and oxygen atoms in total. The van der Waals surface area contributed by atoms with Crippen molar-refractivity contribution in [1.29, 1.82) is 0 Å². The summed E-state index contributed by atoms with van der Waals surface area (Å²) in [5.41, 5.74) is 3.10. The Hall–Kier alpha value is -3.36. The number of nitrogens with zero attached hydrogens (tertiary/aromatic N) is 2. The molecule has 0 aliphatic carbocycles. The summed E-state index contributed by atoms with van der Waals surface area (Å²) in [4.78, 5) is 17.1. The van der Waals surface area contributed by atoms with E-state index in [1.165, 1.54) is 12.2 Å². The van der Waals surface area contributed by atoms with E-state index >= 15 is 0 Å². The lowest BCUT2D eigenvalue weighted by atomic mass is 10.2. The summed E-state index contributed by atoms with van der Waals surface area (Å²) in [5, 5.41) is 1.55. The van der Waals surface area contributed by atoms with Crippen LogP contribution in [0.4, 0.5) is 0 Å². The number of ether oxygens (including phenoxy) is 1. The highest BCUT2D eigenvalue weighted by Crippen LogP contribution is 2.26. The van der Waals surface area contributed by atoms with E-state index in [9.17, 15) is 13.2 Å². The zero-order valence-electron chi connectivity index (χ0n) is 22.0. The molecule has 1 N–H and O–H groups in total. The summed E-state index contributed by atoms with van der Waals surface area (Å²) in [7, 11) is -3.96. The first-order valence-electron chi connectivity index (χ1n) is 12.7. The van der Waals surface area contributed by atoms with Gasteiger partial charge in [-0.05, 0) is 55.2 Å². The molecule has 3 aromatic rings. The fourth-order valence-corrected chi connectivity index (χ4v) is 4.83. The third-order valence-corrected chi connectivity index (χ3v) is 7.18. The Balaban J connectivity index is 1.73. The first kappa shape index (κ1) is 29.2. The zero-order chi connectivity index (χ0) is 27.5. The number of unbranched alkanes of at least 4 members (excludes halogenated alkanes) is 2. The van der Waals surface area contributed by atoms with Crippen molar-refractivity contribution in [2.45, 2.75) is 53.0 Å². The second-order valence-electron chi connectivity index (χ2n) is 8.80. The number of hydrogen-bond acceptors (Lipinski definition) is 5. The van der Waals surface area contributed by atoms with Crippen LogP contribution in [0, 0.1) is 6.92 Å². The molecule has 2 aromatic carbocycles. The van der Waals surface area contributed by atoms with Crippen LogP contribution < -0.4 is 9.46 Å². The van der Waals surface area contributed by atoms with E-state index in [0.29, 0.717) is 35.9 Å². The van der Waals surface area contributed by atoms with Crippen molar-refractivity contribution in [2.24, 2.45) is 0 Å². The molecule has 0 aliphatic heterocycles. The summed E-state index contributed by atoms with van der Waals surface area (Å²) in [6.45, 7) is 7.09. The molecule has 0 saturated heterocycles. The van der Waals surface area contributed by atoms with Crippen molar-refractivity contribution < 1.29 is 17.9 Å². The fourth-order valence-electron chi connectivity index (χ4n) is 3.84. The third kappa shape index (κ3) is 8.60. The van der Waals surface area contributed by atoms with Crippen molar-refractivity contribution in [3.8, 4) is 5.75 Å². The van der Waals surface area contributed by atoms with Crippen LogP contribution in [0.5, 0.6) is 5.75 Å². The van der Waals surface area contributed by atoms with Crippen LogP contribution in [0.15, 0.2) is 60.0 Å². The normalized spacial score (nSPS) is 11.9. The molecule has 9 heteroatoms. The SMILES string of the molecule is CCCCCOc1ccc(Cn2c(C)nc(CC)c2C=CC(=O)NS(=O)(=O)C=Cc2ccccc2)c(Cl)c1. The van der Waals surface area contributed by atoms with Crippen molar-refractivity contribution in [1.82, 2.24) is 14.3 Å². The smallest absolute Gasteiger partial charge is 0.257 e. The van der Waals surface area contributed by atoms with Crippen LogP contribution in [0.2, 0.25) is 5.02 Å².